The number of aryl methyl sites for hydroxylation is 2. The molecule has 1 saturated heterocycles. The predicted octanol–water partition coefficient (Wildman–Crippen LogP) is 2.87. The Bertz CT molecular complexity index is 732. The lowest BCUT2D eigenvalue weighted by molar-refractivity contribution is 0.0758. The Labute approximate surface area is 157 Å². The molecule has 25 heavy (non-hydrogen) atoms. The molecule has 0 radical (unpaired) electrons. The van der Waals surface area contributed by atoms with Crippen molar-refractivity contribution in [1.82, 2.24) is 19.7 Å². The zero-order valence-electron chi connectivity index (χ0n) is 14.9. The Morgan fingerprint density at radius 2 is 2.12 bits per heavy atom. The van der Waals surface area contributed by atoms with E-state index in [1.165, 1.54) is 5.69 Å². The molecule has 2 aromatic rings. The molecule has 1 fully saturated rings. The molecule has 0 aromatic carbocycles. The fourth-order valence-corrected chi connectivity index (χ4v) is 3.81. The van der Waals surface area contributed by atoms with Crippen LogP contribution in [0.25, 0.3) is 0 Å². The van der Waals surface area contributed by atoms with E-state index in [0.717, 1.165) is 42.6 Å². The number of nitrogens with zero attached hydrogens (tertiary/aromatic N) is 5. The number of amides is 1. The topological polar surface area (TPSA) is 54.3 Å². The second kappa shape index (κ2) is 7.56. The fraction of sp³-hybridized carbons (Fsp3) is 0.500. The molecule has 0 N–H and O–H groups in total. The smallest absolute Gasteiger partial charge is 0.274 e. The third kappa shape index (κ3) is 4.03. The van der Waals surface area contributed by atoms with E-state index in [0.29, 0.717) is 11.6 Å². The largest absolute Gasteiger partial charge is 0.371 e. The highest BCUT2D eigenvalue weighted by atomic mass is 79.9. The minimum Gasteiger partial charge on any atom is -0.371 e. The Hall–Kier alpha value is -1.89. The van der Waals surface area contributed by atoms with Crippen LogP contribution in [0.15, 0.2) is 29.0 Å². The highest BCUT2D eigenvalue weighted by molar-refractivity contribution is 9.10. The highest BCUT2D eigenvalue weighted by Crippen LogP contribution is 2.29. The molecule has 3 rings (SSSR count). The lowest BCUT2D eigenvalue weighted by Gasteiger charge is -2.35. The van der Waals surface area contributed by atoms with Gasteiger partial charge in [0.2, 0.25) is 0 Å². The van der Waals surface area contributed by atoms with Gasteiger partial charge in [0.1, 0.15) is 0 Å². The van der Waals surface area contributed by atoms with Crippen LogP contribution < -0.4 is 4.90 Å². The third-order valence-electron chi connectivity index (χ3n) is 4.92. The summed E-state index contributed by atoms with van der Waals surface area (Å²) in [5.41, 5.74) is 2.72. The van der Waals surface area contributed by atoms with E-state index >= 15 is 0 Å². The Balaban J connectivity index is 1.55. The molecule has 7 heteroatoms. The molecule has 1 aliphatic heterocycles. The molecule has 0 spiro atoms. The van der Waals surface area contributed by atoms with Crippen molar-refractivity contribution >= 4 is 27.5 Å². The molecule has 0 aliphatic carbocycles. The van der Waals surface area contributed by atoms with Crippen LogP contribution in [0.1, 0.15) is 29.0 Å². The number of carbonyl (C=O) groups excluding carboxylic acids is 1. The molecule has 134 valence electrons. The number of anilines is 1. The van der Waals surface area contributed by atoms with Crippen LogP contribution in [0.4, 0.5) is 5.69 Å². The van der Waals surface area contributed by atoms with Gasteiger partial charge < -0.3 is 9.80 Å². The van der Waals surface area contributed by atoms with Crippen LogP contribution in [0.5, 0.6) is 0 Å². The molecule has 1 aliphatic rings. The maximum absolute atomic E-state index is 12.5. The van der Waals surface area contributed by atoms with Crippen molar-refractivity contribution in [3.8, 4) is 0 Å². The first kappa shape index (κ1) is 17.9. The summed E-state index contributed by atoms with van der Waals surface area (Å²) in [6.45, 7) is 4.73. The number of rotatable bonds is 4. The summed E-state index contributed by atoms with van der Waals surface area (Å²) in [5, 5.41) is 4.29. The second-order valence-electron chi connectivity index (χ2n) is 6.74. The quantitative estimate of drug-likeness (QED) is 0.784. The van der Waals surface area contributed by atoms with E-state index in [1.54, 1.807) is 4.68 Å². The number of carbonyl (C=O) groups is 1. The summed E-state index contributed by atoms with van der Waals surface area (Å²) < 4.78 is 2.78. The van der Waals surface area contributed by atoms with Crippen LogP contribution >= 0.6 is 15.9 Å². The second-order valence-corrected chi connectivity index (χ2v) is 7.59. The standard InChI is InChI=1S/C18H24BrN5O/c1-13-10-16(21-23(13)3)18(25)22(2)12-14-5-8-24(9-6-14)17-4-7-20-11-15(17)19/h4,7,10-11,14H,5-6,8-9,12H2,1-3H3. The normalized spacial score (nSPS) is 15.4. The van der Waals surface area contributed by atoms with Crippen molar-refractivity contribution in [1.29, 1.82) is 0 Å². The molecule has 3 heterocycles. The lowest BCUT2D eigenvalue weighted by Crippen LogP contribution is -2.39. The van der Waals surface area contributed by atoms with E-state index in [1.807, 2.05) is 50.4 Å². The van der Waals surface area contributed by atoms with Crippen molar-refractivity contribution in [3.63, 3.8) is 0 Å². The average molecular weight is 406 g/mol. The van der Waals surface area contributed by atoms with Gasteiger partial charge in [-0.15, -0.1) is 0 Å². The number of piperidine rings is 1. The molecule has 0 bridgehead atoms. The van der Waals surface area contributed by atoms with Crippen LogP contribution in [-0.4, -0.2) is 52.3 Å². The van der Waals surface area contributed by atoms with E-state index in [4.69, 9.17) is 0 Å². The first-order chi connectivity index (χ1) is 12.0. The molecular formula is C18H24BrN5O. The van der Waals surface area contributed by atoms with Crippen LogP contribution in [0.2, 0.25) is 0 Å². The first-order valence-corrected chi connectivity index (χ1v) is 9.35. The van der Waals surface area contributed by atoms with Crippen LogP contribution in [-0.2, 0) is 7.05 Å². The minimum absolute atomic E-state index is 0.00278. The van der Waals surface area contributed by atoms with Gasteiger partial charge in [-0.2, -0.15) is 5.10 Å². The van der Waals surface area contributed by atoms with Gasteiger partial charge in [0, 0.05) is 51.8 Å². The highest BCUT2D eigenvalue weighted by Gasteiger charge is 2.24. The van der Waals surface area contributed by atoms with Gasteiger partial charge in [-0.3, -0.25) is 14.5 Å². The summed E-state index contributed by atoms with van der Waals surface area (Å²) in [4.78, 5) is 20.9. The molecule has 0 unspecified atom stereocenters. The summed E-state index contributed by atoms with van der Waals surface area (Å²) in [7, 11) is 3.73. The van der Waals surface area contributed by atoms with Crippen molar-refractivity contribution < 1.29 is 4.79 Å². The van der Waals surface area contributed by atoms with Gasteiger partial charge in [-0.05, 0) is 53.7 Å². The molecule has 0 atom stereocenters. The van der Waals surface area contributed by atoms with E-state index in [2.05, 4.69) is 30.9 Å². The number of aromatic nitrogens is 3. The van der Waals surface area contributed by atoms with Gasteiger partial charge in [0.15, 0.2) is 5.69 Å². The lowest BCUT2D eigenvalue weighted by atomic mass is 9.96. The van der Waals surface area contributed by atoms with Gasteiger partial charge in [-0.25, -0.2) is 0 Å². The summed E-state index contributed by atoms with van der Waals surface area (Å²) in [6.07, 6.45) is 5.82. The molecular weight excluding hydrogens is 382 g/mol. The Kier molecular flexibility index (Phi) is 5.42. The maximum Gasteiger partial charge on any atom is 0.274 e. The first-order valence-electron chi connectivity index (χ1n) is 8.56. The Morgan fingerprint density at radius 3 is 2.72 bits per heavy atom. The van der Waals surface area contributed by atoms with Gasteiger partial charge in [-0.1, -0.05) is 0 Å². The van der Waals surface area contributed by atoms with E-state index in [-0.39, 0.29) is 5.91 Å². The van der Waals surface area contributed by atoms with Gasteiger partial charge >= 0.3 is 0 Å². The maximum atomic E-state index is 12.5. The molecule has 1 amide bonds. The summed E-state index contributed by atoms with van der Waals surface area (Å²) in [5.74, 6) is 0.527. The number of halogens is 1. The van der Waals surface area contributed by atoms with Crippen molar-refractivity contribution in [3.05, 3.63) is 40.4 Å². The zero-order valence-corrected chi connectivity index (χ0v) is 16.5. The van der Waals surface area contributed by atoms with Crippen molar-refractivity contribution in [2.75, 3.05) is 31.6 Å². The van der Waals surface area contributed by atoms with Crippen molar-refractivity contribution in [2.45, 2.75) is 19.8 Å². The molecule has 0 saturated carbocycles. The van der Waals surface area contributed by atoms with E-state index in [9.17, 15) is 4.79 Å². The molecule has 2 aromatic heterocycles. The fourth-order valence-electron chi connectivity index (χ4n) is 3.31. The predicted molar refractivity (Wildman–Crippen MR) is 102 cm³/mol. The Morgan fingerprint density at radius 1 is 1.40 bits per heavy atom. The summed E-state index contributed by atoms with van der Waals surface area (Å²) >= 11 is 3.57. The van der Waals surface area contributed by atoms with Crippen LogP contribution in [0.3, 0.4) is 0 Å². The van der Waals surface area contributed by atoms with Crippen molar-refractivity contribution in [2.24, 2.45) is 13.0 Å². The van der Waals surface area contributed by atoms with Gasteiger partial charge in [0.25, 0.3) is 5.91 Å². The van der Waals surface area contributed by atoms with Crippen LogP contribution in [0, 0.1) is 12.8 Å². The number of hydrogen-bond donors (Lipinski definition) is 0. The monoisotopic (exact) mass is 405 g/mol. The van der Waals surface area contributed by atoms with E-state index < -0.39 is 0 Å². The SMILES string of the molecule is Cc1cc(C(=O)N(C)CC2CCN(c3ccncc3Br)CC2)nn1C. The number of pyridine rings is 1. The zero-order chi connectivity index (χ0) is 18.0. The summed E-state index contributed by atoms with van der Waals surface area (Å²) in [6, 6.07) is 3.89. The average Bonchev–Trinajstić information content (AvgIpc) is 2.94. The third-order valence-corrected chi connectivity index (χ3v) is 5.53. The minimum atomic E-state index is 0.00278. The number of hydrogen-bond acceptors (Lipinski definition) is 4. The molecule has 6 nitrogen and oxygen atoms in total. The van der Waals surface area contributed by atoms with Gasteiger partial charge in [0.05, 0.1) is 10.2 Å².